The van der Waals surface area contributed by atoms with Crippen LogP contribution in [0.1, 0.15) is 26.7 Å². The second-order valence-corrected chi connectivity index (χ2v) is 5.32. The molecule has 3 nitrogen and oxygen atoms in total. The Bertz CT molecular complexity index is 198. The largest absolute Gasteiger partial charge is 0.381 e. The van der Waals surface area contributed by atoms with Crippen molar-refractivity contribution in [1.82, 2.24) is 5.32 Å². The second kappa shape index (κ2) is 4.81. The van der Waals surface area contributed by atoms with E-state index in [1.807, 2.05) is 0 Å². The van der Waals surface area contributed by atoms with Crippen LogP contribution in [-0.2, 0) is 9.47 Å². The Hall–Kier alpha value is -0.120. The minimum atomic E-state index is 0.382. The molecule has 2 unspecified atom stereocenters. The standard InChI is InChI=1S/C12H23NO2/c1-3-11(10-4-5-14-6-10)13-7-12(2)8-15-9-12/h10-11,13H,3-9H2,1-2H3. The van der Waals surface area contributed by atoms with Crippen molar-refractivity contribution in [2.24, 2.45) is 11.3 Å². The first-order valence-corrected chi connectivity index (χ1v) is 6.12. The summed E-state index contributed by atoms with van der Waals surface area (Å²) in [5.74, 6) is 0.722. The van der Waals surface area contributed by atoms with Crippen LogP contribution in [0.25, 0.3) is 0 Å². The molecule has 0 radical (unpaired) electrons. The van der Waals surface area contributed by atoms with Gasteiger partial charge in [0.2, 0.25) is 0 Å². The van der Waals surface area contributed by atoms with E-state index < -0.39 is 0 Å². The molecule has 0 aliphatic carbocycles. The maximum atomic E-state index is 5.45. The van der Waals surface area contributed by atoms with E-state index >= 15 is 0 Å². The van der Waals surface area contributed by atoms with Crippen molar-refractivity contribution in [2.45, 2.75) is 32.7 Å². The Labute approximate surface area is 92.5 Å². The quantitative estimate of drug-likeness (QED) is 0.749. The molecule has 0 saturated carbocycles. The first-order chi connectivity index (χ1) is 7.23. The third kappa shape index (κ3) is 2.71. The summed E-state index contributed by atoms with van der Waals surface area (Å²) in [7, 11) is 0. The number of rotatable bonds is 5. The summed E-state index contributed by atoms with van der Waals surface area (Å²) in [4.78, 5) is 0. The maximum absolute atomic E-state index is 5.45. The summed E-state index contributed by atoms with van der Waals surface area (Å²) in [6.45, 7) is 9.36. The summed E-state index contributed by atoms with van der Waals surface area (Å²) < 4.78 is 10.7. The van der Waals surface area contributed by atoms with Gasteiger partial charge in [-0.3, -0.25) is 0 Å². The van der Waals surface area contributed by atoms with Gasteiger partial charge in [-0.25, -0.2) is 0 Å². The lowest BCUT2D eigenvalue weighted by Gasteiger charge is -2.39. The van der Waals surface area contributed by atoms with Gasteiger partial charge in [0.1, 0.15) is 0 Å². The third-order valence-electron chi connectivity index (χ3n) is 3.67. The monoisotopic (exact) mass is 213 g/mol. The highest BCUT2D eigenvalue weighted by atomic mass is 16.5. The zero-order valence-electron chi connectivity index (χ0n) is 9.92. The average Bonchev–Trinajstić information content (AvgIpc) is 2.69. The van der Waals surface area contributed by atoms with Crippen molar-refractivity contribution in [3.8, 4) is 0 Å². The van der Waals surface area contributed by atoms with Gasteiger partial charge in [-0.1, -0.05) is 13.8 Å². The lowest BCUT2D eigenvalue weighted by atomic mass is 9.87. The third-order valence-corrected chi connectivity index (χ3v) is 3.67. The number of hydrogen-bond acceptors (Lipinski definition) is 3. The van der Waals surface area contributed by atoms with Gasteiger partial charge in [0.05, 0.1) is 19.8 Å². The van der Waals surface area contributed by atoms with Crippen LogP contribution in [0, 0.1) is 11.3 Å². The minimum absolute atomic E-state index is 0.382. The molecule has 2 saturated heterocycles. The van der Waals surface area contributed by atoms with Crippen LogP contribution in [0.3, 0.4) is 0 Å². The molecule has 2 heterocycles. The van der Waals surface area contributed by atoms with Crippen molar-refractivity contribution in [3.63, 3.8) is 0 Å². The highest BCUT2D eigenvalue weighted by Gasteiger charge is 2.34. The zero-order chi connectivity index (χ0) is 10.7. The SMILES string of the molecule is CCC(NCC1(C)COC1)C1CCOC1. The second-order valence-electron chi connectivity index (χ2n) is 5.32. The fourth-order valence-corrected chi connectivity index (χ4v) is 2.44. The minimum Gasteiger partial charge on any atom is -0.381 e. The van der Waals surface area contributed by atoms with E-state index in [1.165, 1.54) is 12.8 Å². The Kier molecular flexibility index (Phi) is 3.65. The molecule has 1 N–H and O–H groups in total. The number of ether oxygens (including phenoxy) is 2. The predicted molar refractivity (Wildman–Crippen MR) is 59.9 cm³/mol. The summed E-state index contributed by atoms with van der Waals surface area (Å²) in [6.07, 6.45) is 2.42. The molecule has 0 bridgehead atoms. The van der Waals surface area contributed by atoms with Gasteiger partial charge in [0.25, 0.3) is 0 Å². The molecule has 88 valence electrons. The number of nitrogens with one attached hydrogen (secondary N) is 1. The van der Waals surface area contributed by atoms with E-state index in [-0.39, 0.29) is 0 Å². The van der Waals surface area contributed by atoms with E-state index in [2.05, 4.69) is 19.2 Å². The van der Waals surface area contributed by atoms with E-state index in [4.69, 9.17) is 9.47 Å². The van der Waals surface area contributed by atoms with Crippen LogP contribution in [0.5, 0.6) is 0 Å². The maximum Gasteiger partial charge on any atom is 0.0554 e. The molecular formula is C12H23NO2. The fourth-order valence-electron chi connectivity index (χ4n) is 2.44. The Morgan fingerprint density at radius 3 is 2.67 bits per heavy atom. The normalized spacial score (nSPS) is 31.2. The van der Waals surface area contributed by atoms with Gasteiger partial charge < -0.3 is 14.8 Å². The van der Waals surface area contributed by atoms with Crippen LogP contribution in [0.2, 0.25) is 0 Å². The van der Waals surface area contributed by atoms with E-state index in [0.717, 1.165) is 38.9 Å². The Morgan fingerprint density at radius 2 is 2.20 bits per heavy atom. The molecule has 2 rings (SSSR count). The summed E-state index contributed by atoms with van der Waals surface area (Å²) in [5, 5.41) is 3.69. The molecular weight excluding hydrogens is 190 g/mol. The highest BCUT2D eigenvalue weighted by molar-refractivity contribution is 4.86. The molecule has 0 amide bonds. The lowest BCUT2D eigenvalue weighted by Crippen LogP contribution is -2.50. The Balaban J connectivity index is 1.74. The van der Waals surface area contributed by atoms with E-state index in [9.17, 15) is 0 Å². The first-order valence-electron chi connectivity index (χ1n) is 6.12. The molecule has 3 heteroatoms. The van der Waals surface area contributed by atoms with Crippen molar-refractivity contribution >= 4 is 0 Å². The summed E-state index contributed by atoms with van der Waals surface area (Å²) in [6, 6.07) is 0.630. The first kappa shape index (κ1) is 11.4. The smallest absolute Gasteiger partial charge is 0.0554 e. The molecule has 2 aliphatic rings. The average molecular weight is 213 g/mol. The molecule has 2 atom stereocenters. The lowest BCUT2D eigenvalue weighted by molar-refractivity contribution is -0.101. The summed E-state index contributed by atoms with van der Waals surface area (Å²) in [5.41, 5.74) is 0.382. The molecule has 0 spiro atoms. The van der Waals surface area contributed by atoms with Crippen LogP contribution >= 0.6 is 0 Å². The predicted octanol–water partition coefficient (Wildman–Crippen LogP) is 1.43. The Morgan fingerprint density at radius 1 is 1.40 bits per heavy atom. The molecule has 2 aliphatic heterocycles. The van der Waals surface area contributed by atoms with Crippen LogP contribution < -0.4 is 5.32 Å². The van der Waals surface area contributed by atoms with Gasteiger partial charge in [0.15, 0.2) is 0 Å². The van der Waals surface area contributed by atoms with Crippen molar-refractivity contribution in [3.05, 3.63) is 0 Å². The van der Waals surface area contributed by atoms with Gasteiger partial charge >= 0.3 is 0 Å². The van der Waals surface area contributed by atoms with Gasteiger partial charge in [0, 0.05) is 24.6 Å². The topological polar surface area (TPSA) is 30.5 Å². The van der Waals surface area contributed by atoms with Crippen molar-refractivity contribution in [2.75, 3.05) is 33.0 Å². The van der Waals surface area contributed by atoms with Crippen LogP contribution in [-0.4, -0.2) is 39.0 Å². The molecule has 0 aromatic heterocycles. The molecule has 2 fully saturated rings. The highest BCUT2D eigenvalue weighted by Crippen LogP contribution is 2.26. The van der Waals surface area contributed by atoms with Crippen LogP contribution in [0.15, 0.2) is 0 Å². The van der Waals surface area contributed by atoms with Crippen LogP contribution in [0.4, 0.5) is 0 Å². The summed E-state index contributed by atoms with van der Waals surface area (Å²) >= 11 is 0. The van der Waals surface area contributed by atoms with E-state index in [1.54, 1.807) is 0 Å². The number of hydrogen-bond donors (Lipinski definition) is 1. The van der Waals surface area contributed by atoms with Crippen molar-refractivity contribution < 1.29 is 9.47 Å². The van der Waals surface area contributed by atoms with Gasteiger partial charge in [-0.2, -0.15) is 0 Å². The van der Waals surface area contributed by atoms with Gasteiger partial charge in [-0.05, 0) is 18.8 Å². The zero-order valence-corrected chi connectivity index (χ0v) is 9.92. The van der Waals surface area contributed by atoms with Gasteiger partial charge in [-0.15, -0.1) is 0 Å². The molecule has 0 aromatic rings. The molecule has 15 heavy (non-hydrogen) atoms. The molecule has 0 aromatic carbocycles. The van der Waals surface area contributed by atoms with E-state index in [0.29, 0.717) is 11.5 Å². The van der Waals surface area contributed by atoms with Crippen molar-refractivity contribution in [1.29, 1.82) is 0 Å². The fraction of sp³-hybridized carbons (Fsp3) is 1.00.